The van der Waals surface area contributed by atoms with E-state index in [2.05, 4.69) is 50.3 Å². The molecule has 2 aliphatic rings. The number of allylic oxidation sites excluding steroid dienone is 4. The zero-order valence-corrected chi connectivity index (χ0v) is 29.5. The molecule has 0 saturated heterocycles. The lowest BCUT2D eigenvalue weighted by molar-refractivity contribution is -0.137. The SMILES string of the molecule is C=Cc1c(C)c2cc3nc(cc4nc(cc5[nH]c(cc1[nH]2)c(C)c5C(C)OCCCCCC)C(C)=C4CCC(=O)O)C(CCC(=O)O)=C3C. The van der Waals surface area contributed by atoms with Gasteiger partial charge in [-0.1, -0.05) is 38.8 Å². The van der Waals surface area contributed by atoms with Crippen LogP contribution in [0.4, 0.5) is 0 Å². The maximum absolute atomic E-state index is 11.7. The van der Waals surface area contributed by atoms with Gasteiger partial charge in [0.05, 0.1) is 28.9 Å². The van der Waals surface area contributed by atoms with E-state index in [-0.39, 0.29) is 18.9 Å². The highest BCUT2D eigenvalue weighted by molar-refractivity contribution is 5.96. The molecule has 1 atom stereocenters. The van der Waals surface area contributed by atoms with Crippen LogP contribution in [0.3, 0.4) is 0 Å². The Hall–Kier alpha value is -4.76. The summed E-state index contributed by atoms with van der Waals surface area (Å²) < 4.78 is 6.41. The molecule has 2 aliphatic heterocycles. The molecule has 258 valence electrons. The largest absolute Gasteiger partial charge is 0.481 e. The Morgan fingerprint density at radius 1 is 0.776 bits per heavy atom. The molecular formula is C40H48N4O5. The summed E-state index contributed by atoms with van der Waals surface area (Å²) in [6.07, 6.45) is 6.70. The van der Waals surface area contributed by atoms with Crippen LogP contribution in [-0.2, 0) is 14.3 Å². The van der Waals surface area contributed by atoms with Crippen molar-refractivity contribution in [1.82, 2.24) is 19.9 Å². The van der Waals surface area contributed by atoms with Gasteiger partial charge in [0, 0.05) is 52.6 Å². The second-order valence-electron chi connectivity index (χ2n) is 13.1. The monoisotopic (exact) mass is 664 g/mol. The number of hydrogen-bond donors (Lipinski definition) is 4. The number of fused-ring (bicyclic) bond motifs is 8. The average Bonchev–Trinajstić information content (AvgIpc) is 3.71. The summed E-state index contributed by atoms with van der Waals surface area (Å²) in [5.41, 5.74) is 14.0. The highest BCUT2D eigenvalue weighted by Gasteiger charge is 2.23. The fourth-order valence-electron chi connectivity index (χ4n) is 6.90. The first-order valence-corrected chi connectivity index (χ1v) is 17.3. The van der Waals surface area contributed by atoms with Gasteiger partial charge in [0.2, 0.25) is 0 Å². The third-order valence-electron chi connectivity index (χ3n) is 9.79. The van der Waals surface area contributed by atoms with Crippen molar-refractivity contribution in [3.05, 3.63) is 75.9 Å². The van der Waals surface area contributed by atoms with Crippen molar-refractivity contribution in [3.63, 3.8) is 0 Å². The molecular weight excluding hydrogens is 616 g/mol. The summed E-state index contributed by atoms with van der Waals surface area (Å²) in [6.45, 7) is 17.2. The first-order chi connectivity index (χ1) is 23.4. The van der Waals surface area contributed by atoms with Gasteiger partial charge in [-0.25, -0.2) is 9.97 Å². The molecule has 1 unspecified atom stereocenters. The number of aromatic nitrogens is 4. The van der Waals surface area contributed by atoms with Crippen LogP contribution in [0.25, 0.3) is 50.4 Å². The number of nitrogens with zero attached hydrogens (tertiary/aromatic N) is 2. The van der Waals surface area contributed by atoms with Gasteiger partial charge < -0.3 is 24.9 Å². The number of nitrogens with one attached hydrogen (secondary N) is 2. The Morgan fingerprint density at radius 2 is 1.33 bits per heavy atom. The number of aryl methyl sites for hydroxylation is 2. The Balaban J connectivity index is 1.84. The van der Waals surface area contributed by atoms with Gasteiger partial charge in [-0.3, -0.25) is 9.59 Å². The van der Waals surface area contributed by atoms with Crippen LogP contribution in [0.15, 0.2) is 30.8 Å². The van der Waals surface area contributed by atoms with Crippen molar-refractivity contribution < 1.29 is 24.5 Å². The summed E-state index contributed by atoms with van der Waals surface area (Å²) in [5.74, 6) is -1.77. The van der Waals surface area contributed by atoms with Gasteiger partial charge in [-0.05, 0) is 112 Å². The Bertz CT molecular complexity index is 2030. The zero-order chi connectivity index (χ0) is 35.4. The summed E-state index contributed by atoms with van der Waals surface area (Å²) in [5, 5.41) is 19.1. The van der Waals surface area contributed by atoms with Crippen molar-refractivity contribution in [3.8, 4) is 0 Å². The van der Waals surface area contributed by atoms with E-state index in [0.717, 1.165) is 90.8 Å². The van der Waals surface area contributed by atoms with Crippen LogP contribution in [0.2, 0.25) is 0 Å². The number of carboxylic acid groups (broad SMARTS) is 2. The minimum Gasteiger partial charge on any atom is -0.481 e. The topological polar surface area (TPSA) is 141 Å². The van der Waals surface area contributed by atoms with E-state index in [4.69, 9.17) is 14.7 Å². The molecule has 4 N–H and O–H groups in total. The molecule has 0 saturated carbocycles. The van der Waals surface area contributed by atoms with E-state index in [1.807, 2.05) is 38.1 Å². The minimum absolute atomic E-state index is 0.0393. The number of unbranched alkanes of at least 4 members (excludes halogenated alkanes) is 3. The second kappa shape index (κ2) is 15.2. The summed E-state index contributed by atoms with van der Waals surface area (Å²) in [4.78, 5) is 40.7. The molecule has 0 aliphatic carbocycles. The minimum atomic E-state index is -0.886. The van der Waals surface area contributed by atoms with Gasteiger partial charge in [0.15, 0.2) is 0 Å². The second-order valence-corrected chi connectivity index (χ2v) is 13.1. The van der Waals surface area contributed by atoms with E-state index >= 15 is 0 Å². The number of aromatic amines is 2. The lowest BCUT2D eigenvalue weighted by Crippen LogP contribution is -2.02. The smallest absolute Gasteiger partial charge is 0.303 e. The average molecular weight is 665 g/mol. The van der Waals surface area contributed by atoms with Gasteiger partial charge in [0.25, 0.3) is 0 Å². The summed E-state index contributed by atoms with van der Waals surface area (Å²) >= 11 is 0. The first-order valence-electron chi connectivity index (χ1n) is 17.3. The molecule has 5 rings (SSSR count). The Kier molecular flexibility index (Phi) is 11.0. The van der Waals surface area contributed by atoms with Gasteiger partial charge >= 0.3 is 11.9 Å². The normalized spacial score (nSPS) is 13.7. The third kappa shape index (κ3) is 7.62. The van der Waals surface area contributed by atoms with E-state index < -0.39 is 11.9 Å². The first kappa shape index (κ1) is 35.5. The summed E-state index contributed by atoms with van der Waals surface area (Å²) in [6, 6.07) is 8.03. The van der Waals surface area contributed by atoms with Crippen molar-refractivity contribution in [2.45, 2.75) is 99.0 Å². The van der Waals surface area contributed by atoms with Gasteiger partial charge in [0.1, 0.15) is 0 Å². The summed E-state index contributed by atoms with van der Waals surface area (Å²) in [7, 11) is 0. The molecule has 3 aromatic heterocycles. The number of ether oxygens (including phenoxy) is 1. The van der Waals surface area contributed by atoms with E-state index in [1.165, 1.54) is 12.8 Å². The number of aliphatic carboxylic acids is 2. The van der Waals surface area contributed by atoms with Crippen molar-refractivity contribution >= 4 is 62.4 Å². The lowest BCUT2D eigenvalue weighted by Gasteiger charge is -2.14. The quantitative estimate of drug-likeness (QED) is 0.126. The lowest BCUT2D eigenvalue weighted by atomic mass is 9.98. The molecule has 8 bridgehead atoms. The molecule has 0 amide bonds. The molecule has 5 heterocycles. The molecule has 0 radical (unpaired) electrons. The van der Waals surface area contributed by atoms with Crippen LogP contribution < -0.4 is 0 Å². The highest BCUT2D eigenvalue weighted by atomic mass is 16.5. The van der Waals surface area contributed by atoms with Gasteiger partial charge in [-0.2, -0.15) is 0 Å². The van der Waals surface area contributed by atoms with Crippen molar-refractivity contribution in [2.24, 2.45) is 0 Å². The fraction of sp³-hybridized carbons (Fsp3) is 0.400. The Labute approximate surface area is 287 Å². The predicted molar refractivity (Wildman–Crippen MR) is 198 cm³/mol. The molecule has 9 nitrogen and oxygen atoms in total. The maximum atomic E-state index is 11.7. The van der Waals surface area contributed by atoms with Crippen LogP contribution in [-0.4, -0.2) is 48.7 Å². The molecule has 0 aromatic carbocycles. The third-order valence-corrected chi connectivity index (χ3v) is 9.79. The number of rotatable bonds is 14. The van der Waals surface area contributed by atoms with E-state index in [0.29, 0.717) is 30.8 Å². The van der Waals surface area contributed by atoms with Gasteiger partial charge in [-0.15, -0.1) is 0 Å². The zero-order valence-electron chi connectivity index (χ0n) is 29.5. The number of H-pyrrole nitrogens is 2. The highest BCUT2D eigenvalue weighted by Crippen LogP contribution is 2.39. The van der Waals surface area contributed by atoms with E-state index in [1.54, 1.807) is 0 Å². The standard InChI is InChI=1S/C40H48N4O5/c1-8-10-11-12-17-49-26(7)40-25(6)33-19-34-27(9-2)22(3)30(41-34)18-31-23(4)28(13-15-38(45)46)35(42-31)21-36-29(14-16-39(47)48)24(5)32(43-36)20-37(40)44-33/h9,18-21,26,41,44H,2,8,10-17H2,1,3-7H3,(H,45,46)(H,47,48). The predicted octanol–water partition coefficient (Wildman–Crippen LogP) is 9.82. The number of hydrogen-bond acceptors (Lipinski definition) is 5. The molecule has 49 heavy (non-hydrogen) atoms. The van der Waals surface area contributed by atoms with Crippen molar-refractivity contribution in [1.29, 1.82) is 0 Å². The van der Waals surface area contributed by atoms with E-state index in [9.17, 15) is 19.8 Å². The molecule has 0 fully saturated rings. The van der Waals surface area contributed by atoms with Crippen molar-refractivity contribution in [2.75, 3.05) is 6.61 Å². The number of carbonyl (C=O) groups is 2. The van der Waals surface area contributed by atoms with Crippen LogP contribution in [0.5, 0.6) is 0 Å². The maximum Gasteiger partial charge on any atom is 0.303 e. The van der Waals surface area contributed by atoms with Crippen LogP contribution >= 0.6 is 0 Å². The van der Waals surface area contributed by atoms with Crippen LogP contribution in [0.1, 0.15) is 130 Å². The Morgan fingerprint density at radius 3 is 1.88 bits per heavy atom. The fourth-order valence-corrected chi connectivity index (χ4v) is 6.90. The molecule has 9 heteroatoms. The van der Waals surface area contributed by atoms with Crippen LogP contribution in [0, 0.1) is 13.8 Å². The number of carboxylic acids is 2. The molecule has 3 aromatic rings. The molecule has 0 spiro atoms.